The van der Waals surface area contributed by atoms with Crippen LogP contribution >= 0.6 is 0 Å². The normalized spacial score (nSPS) is 18.6. The molecular weight excluding hydrogens is 317 g/mol. The third-order valence-corrected chi connectivity index (χ3v) is 5.03. The zero-order chi connectivity index (χ0) is 17.6. The second-order valence-electron chi connectivity index (χ2n) is 7.04. The van der Waals surface area contributed by atoms with Crippen molar-refractivity contribution in [3.8, 4) is 0 Å². The smallest absolute Gasteiger partial charge is 0.123 e. The van der Waals surface area contributed by atoms with Gasteiger partial charge in [-0.1, -0.05) is 12.1 Å². The molecule has 25 heavy (non-hydrogen) atoms. The Morgan fingerprint density at radius 3 is 3.04 bits per heavy atom. The summed E-state index contributed by atoms with van der Waals surface area (Å²) < 4.78 is 20.9. The SMILES string of the molecule is COCCn1c(C)cnc1CC1CCCN(Cc2cccc(F)c2)C1. The van der Waals surface area contributed by atoms with Crippen LogP contribution in [0.2, 0.25) is 0 Å². The number of benzene rings is 1. The number of aromatic nitrogens is 2. The Kier molecular flexibility index (Phi) is 6.21. The third kappa shape index (κ3) is 4.89. The minimum absolute atomic E-state index is 0.151. The summed E-state index contributed by atoms with van der Waals surface area (Å²) in [5.41, 5.74) is 2.25. The number of halogens is 1. The van der Waals surface area contributed by atoms with Gasteiger partial charge in [-0.3, -0.25) is 4.90 Å². The molecule has 2 aromatic rings. The topological polar surface area (TPSA) is 30.3 Å². The Bertz CT molecular complexity index is 685. The molecule has 5 heteroatoms. The fourth-order valence-corrected chi connectivity index (χ4v) is 3.77. The summed E-state index contributed by atoms with van der Waals surface area (Å²) >= 11 is 0. The molecule has 1 aliphatic rings. The molecule has 2 heterocycles. The van der Waals surface area contributed by atoms with E-state index in [0.717, 1.165) is 44.0 Å². The van der Waals surface area contributed by atoms with Gasteiger partial charge >= 0.3 is 0 Å². The van der Waals surface area contributed by atoms with E-state index in [1.165, 1.54) is 24.6 Å². The molecule has 1 saturated heterocycles. The Morgan fingerprint density at radius 2 is 2.24 bits per heavy atom. The number of ether oxygens (including phenoxy) is 1. The molecule has 0 saturated carbocycles. The minimum atomic E-state index is -0.151. The van der Waals surface area contributed by atoms with Crippen LogP contribution in [0.15, 0.2) is 30.5 Å². The monoisotopic (exact) mass is 345 g/mol. The van der Waals surface area contributed by atoms with Crippen LogP contribution in [0.1, 0.15) is 29.9 Å². The molecule has 1 aromatic heterocycles. The Hall–Kier alpha value is -1.72. The van der Waals surface area contributed by atoms with Gasteiger partial charge in [0.05, 0.1) is 6.61 Å². The molecule has 0 aliphatic carbocycles. The molecule has 0 spiro atoms. The Balaban J connectivity index is 1.60. The van der Waals surface area contributed by atoms with Crippen LogP contribution in [0.4, 0.5) is 4.39 Å². The van der Waals surface area contributed by atoms with Crippen LogP contribution < -0.4 is 0 Å². The molecule has 1 fully saturated rings. The highest BCUT2D eigenvalue weighted by molar-refractivity contribution is 5.16. The summed E-state index contributed by atoms with van der Waals surface area (Å²) in [4.78, 5) is 7.07. The molecule has 1 unspecified atom stereocenters. The number of piperidine rings is 1. The van der Waals surface area contributed by atoms with Crippen molar-refractivity contribution in [1.29, 1.82) is 0 Å². The average molecular weight is 345 g/mol. The predicted octanol–water partition coefficient (Wildman–Crippen LogP) is 3.43. The van der Waals surface area contributed by atoms with Gasteiger partial charge in [0, 0.05) is 45.1 Å². The first kappa shape index (κ1) is 18.1. The van der Waals surface area contributed by atoms with Crippen molar-refractivity contribution in [3.63, 3.8) is 0 Å². The summed E-state index contributed by atoms with van der Waals surface area (Å²) in [5, 5.41) is 0. The quantitative estimate of drug-likeness (QED) is 0.770. The lowest BCUT2D eigenvalue weighted by atomic mass is 9.94. The summed E-state index contributed by atoms with van der Waals surface area (Å²) in [6.07, 6.45) is 5.38. The van der Waals surface area contributed by atoms with Crippen LogP contribution in [0, 0.1) is 18.7 Å². The van der Waals surface area contributed by atoms with Crippen molar-refractivity contribution >= 4 is 0 Å². The zero-order valence-corrected chi connectivity index (χ0v) is 15.2. The van der Waals surface area contributed by atoms with Gasteiger partial charge in [0.15, 0.2) is 0 Å². The van der Waals surface area contributed by atoms with E-state index in [1.54, 1.807) is 19.2 Å². The second kappa shape index (κ2) is 8.59. The lowest BCUT2D eigenvalue weighted by molar-refractivity contribution is 0.162. The molecule has 136 valence electrons. The molecule has 3 rings (SSSR count). The van der Waals surface area contributed by atoms with E-state index < -0.39 is 0 Å². The minimum Gasteiger partial charge on any atom is -0.383 e. The second-order valence-corrected chi connectivity index (χ2v) is 7.04. The average Bonchev–Trinajstić information content (AvgIpc) is 2.93. The van der Waals surface area contributed by atoms with Gasteiger partial charge in [-0.25, -0.2) is 9.37 Å². The number of aryl methyl sites for hydroxylation is 1. The van der Waals surface area contributed by atoms with Crippen LogP contribution in [-0.2, 0) is 24.2 Å². The molecule has 1 atom stereocenters. The van der Waals surface area contributed by atoms with E-state index in [0.29, 0.717) is 12.5 Å². The van der Waals surface area contributed by atoms with E-state index in [2.05, 4.69) is 21.4 Å². The summed E-state index contributed by atoms with van der Waals surface area (Å²) in [6, 6.07) is 6.95. The maximum Gasteiger partial charge on any atom is 0.123 e. The molecule has 0 amide bonds. The van der Waals surface area contributed by atoms with Crippen molar-refractivity contribution in [2.45, 2.75) is 39.3 Å². The number of imidazole rings is 1. The van der Waals surface area contributed by atoms with Crippen LogP contribution in [0.5, 0.6) is 0 Å². The highest BCUT2D eigenvalue weighted by Gasteiger charge is 2.22. The van der Waals surface area contributed by atoms with Gasteiger partial charge in [-0.05, 0) is 49.9 Å². The van der Waals surface area contributed by atoms with Crippen molar-refractivity contribution in [2.75, 3.05) is 26.8 Å². The first-order chi connectivity index (χ1) is 12.2. The van der Waals surface area contributed by atoms with Gasteiger partial charge < -0.3 is 9.30 Å². The van der Waals surface area contributed by atoms with Crippen LogP contribution in [-0.4, -0.2) is 41.3 Å². The molecule has 1 aromatic carbocycles. The number of nitrogens with zero attached hydrogens (tertiary/aromatic N) is 3. The molecular formula is C20H28FN3O. The fourth-order valence-electron chi connectivity index (χ4n) is 3.77. The number of methoxy groups -OCH3 is 1. The van der Waals surface area contributed by atoms with E-state index in [4.69, 9.17) is 4.74 Å². The van der Waals surface area contributed by atoms with Crippen molar-refractivity contribution < 1.29 is 9.13 Å². The first-order valence-corrected chi connectivity index (χ1v) is 9.12. The Morgan fingerprint density at radius 1 is 1.36 bits per heavy atom. The Labute approximate surface area is 149 Å². The lowest BCUT2D eigenvalue weighted by Gasteiger charge is -2.32. The fraction of sp³-hybridized carbons (Fsp3) is 0.550. The summed E-state index contributed by atoms with van der Waals surface area (Å²) in [5.74, 6) is 1.61. The predicted molar refractivity (Wildman–Crippen MR) is 96.9 cm³/mol. The largest absolute Gasteiger partial charge is 0.383 e. The highest BCUT2D eigenvalue weighted by Crippen LogP contribution is 2.22. The van der Waals surface area contributed by atoms with Crippen LogP contribution in [0.25, 0.3) is 0 Å². The number of hydrogen-bond acceptors (Lipinski definition) is 3. The molecule has 1 aliphatic heterocycles. The van der Waals surface area contributed by atoms with Gasteiger partial charge in [0.2, 0.25) is 0 Å². The molecule has 0 N–H and O–H groups in total. The van der Waals surface area contributed by atoms with Gasteiger partial charge in [0.25, 0.3) is 0 Å². The van der Waals surface area contributed by atoms with Crippen molar-refractivity contribution in [1.82, 2.24) is 14.5 Å². The van der Waals surface area contributed by atoms with E-state index in [-0.39, 0.29) is 5.82 Å². The zero-order valence-electron chi connectivity index (χ0n) is 15.2. The van der Waals surface area contributed by atoms with Gasteiger partial charge in [0.1, 0.15) is 11.6 Å². The summed E-state index contributed by atoms with van der Waals surface area (Å²) in [7, 11) is 1.73. The number of rotatable bonds is 7. The van der Waals surface area contributed by atoms with Gasteiger partial charge in [-0.15, -0.1) is 0 Å². The van der Waals surface area contributed by atoms with E-state index >= 15 is 0 Å². The summed E-state index contributed by atoms with van der Waals surface area (Å²) in [6.45, 7) is 6.63. The first-order valence-electron chi connectivity index (χ1n) is 9.12. The standard InChI is InChI=1S/C20H28FN3O/c1-16-13-22-20(24(16)9-10-25-2)12-18-6-4-8-23(15-18)14-17-5-3-7-19(21)11-17/h3,5,7,11,13,18H,4,6,8-10,12,14-15H2,1-2H3. The number of hydrogen-bond donors (Lipinski definition) is 0. The maximum atomic E-state index is 13.4. The lowest BCUT2D eigenvalue weighted by Crippen LogP contribution is -2.36. The van der Waals surface area contributed by atoms with Crippen molar-refractivity contribution in [3.05, 3.63) is 53.4 Å². The highest BCUT2D eigenvalue weighted by atomic mass is 19.1. The van der Waals surface area contributed by atoms with Gasteiger partial charge in [-0.2, -0.15) is 0 Å². The molecule has 0 bridgehead atoms. The maximum absolute atomic E-state index is 13.4. The molecule has 0 radical (unpaired) electrons. The number of likely N-dealkylation sites (tertiary alicyclic amines) is 1. The van der Waals surface area contributed by atoms with Crippen LogP contribution in [0.3, 0.4) is 0 Å². The van der Waals surface area contributed by atoms with E-state index in [9.17, 15) is 4.39 Å². The van der Waals surface area contributed by atoms with E-state index in [1.807, 2.05) is 12.3 Å². The molecule has 4 nitrogen and oxygen atoms in total. The third-order valence-electron chi connectivity index (χ3n) is 5.03. The van der Waals surface area contributed by atoms with Crippen molar-refractivity contribution in [2.24, 2.45) is 5.92 Å².